The van der Waals surface area contributed by atoms with Gasteiger partial charge in [0.25, 0.3) is 0 Å². The highest BCUT2D eigenvalue weighted by Gasteiger charge is 2.16. The van der Waals surface area contributed by atoms with Crippen molar-refractivity contribution in [1.29, 1.82) is 0 Å². The summed E-state index contributed by atoms with van der Waals surface area (Å²) >= 11 is 0. The van der Waals surface area contributed by atoms with Gasteiger partial charge in [-0.3, -0.25) is 4.98 Å². The minimum absolute atomic E-state index is 0.00381. The molecule has 0 amide bonds. The van der Waals surface area contributed by atoms with Crippen LogP contribution in [0.5, 0.6) is 0 Å². The fourth-order valence-electron chi connectivity index (χ4n) is 4.08. The van der Waals surface area contributed by atoms with Gasteiger partial charge in [-0.25, -0.2) is 0 Å². The molecule has 5 aromatic rings. The Morgan fingerprint density at radius 2 is 1.58 bits per heavy atom. The standard InChI is InChI=1S/C27H26N6/c1-2-7-21(8-3-1)22-14-12-20(13-15-22)17-26(27-30-32-33-31-27)28-16-6-11-25-18-23-9-4-5-10-24(23)19-29-25/h1-5,7-10,12-15,18-19,26,28H,6,11,16-17H2,(H,30,31,32,33). The molecule has 0 spiro atoms. The molecule has 164 valence electrons. The lowest BCUT2D eigenvalue weighted by molar-refractivity contribution is 0.497. The van der Waals surface area contributed by atoms with E-state index in [0.29, 0.717) is 5.82 Å². The molecule has 0 radical (unpaired) electrons. The molecule has 2 heterocycles. The molecule has 1 unspecified atom stereocenters. The molecular weight excluding hydrogens is 408 g/mol. The van der Waals surface area contributed by atoms with Crippen LogP contribution in [0, 0.1) is 0 Å². The first kappa shape index (κ1) is 21.0. The van der Waals surface area contributed by atoms with E-state index in [-0.39, 0.29) is 6.04 Å². The first-order valence-corrected chi connectivity index (χ1v) is 11.3. The highest BCUT2D eigenvalue weighted by atomic mass is 15.5. The Kier molecular flexibility index (Phi) is 6.45. The Hall–Kier alpha value is -3.90. The first-order valence-electron chi connectivity index (χ1n) is 11.3. The zero-order chi connectivity index (χ0) is 22.3. The zero-order valence-electron chi connectivity index (χ0n) is 18.4. The molecule has 0 saturated heterocycles. The van der Waals surface area contributed by atoms with E-state index in [1.807, 2.05) is 18.3 Å². The van der Waals surface area contributed by atoms with Gasteiger partial charge in [0.2, 0.25) is 0 Å². The molecule has 0 aliphatic heterocycles. The molecule has 0 fully saturated rings. The number of aromatic amines is 1. The summed E-state index contributed by atoms with van der Waals surface area (Å²) < 4.78 is 0. The molecule has 1 atom stereocenters. The molecule has 6 heteroatoms. The van der Waals surface area contributed by atoms with Crippen LogP contribution in [-0.2, 0) is 12.8 Å². The van der Waals surface area contributed by atoms with Crippen molar-refractivity contribution in [2.45, 2.75) is 25.3 Å². The van der Waals surface area contributed by atoms with Crippen molar-refractivity contribution in [2.75, 3.05) is 6.54 Å². The van der Waals surface area contributed by atoms with Gasteiger partial charge in [0, 0.05) is 17.3 Å². The monoisotopic (exact) mass is 434 g/mol. The maximum Gasteiger partial charge on any atom is 0.191 e. The summed E-state index contributed by atoms with van der Waals surface area (Å²) in [6.45, 7) is 0.843. The lowest BCUT2D eigenvalue weighted by atomic mass is 10.0. The van der Waals surface area contributed by atoms with Gasteiger partial charge in [-0.05, 0) is 54.0 Å². The van der Waals surface area contributed by atoms with Crippen molar-refractivity contribution in [2.24, 2.45) is 0 Å². The van der Waals surface area contributed by atoms with Gasteiger partial charge in [-0.2, -0.15) is 5.21 Å². The molecule has 2 aromatic heterocycles. The topological polar surface area (TPSA) is 79.4 Å². The van der Waals surface area contributed by atoms with Crippen LogP contribution in [0.2, 0.25) is 0 Å². The van der Waals surface area contributed by atoms with E-state index in [0.717, 1.165) is 31.5 Å². The number of benzene rings is 3. The SMILES string of the molecule is c1ccc(-c2ccc(CC(NCCCc3cc4ccccc4cn3)c3nn[nH]n3)cc2)cc1. The minimum atomic E-state index is -0.00381. The maximum absolute atomic E-state index is 4.61. The molecule has 5 rings (SSSR count). The van der Waals surface area contributed by atoms with Crippen LogP contribution in [0.4, 0.5) is 0 Å². The molecule has 33 heavy (non-hydrogen) atoms. The molecular formula is C27H26N6. The van der Waals surface area contributed by atoms with Crippen molar-refractivity contribution in [3.05, 3.63) is 108 Å². The lowest BCUT2D eigenvalue weighted by Crippen LogP contribution is -2.26. The third-order valence-electron chi connectivity index (χ3n) is 5.86. The number of pyridine rings is 1. The molecule has 0 aliphatic rings. The van der Waals surface area contributed by atoms with E-state index in [2.05, 4.69) is 104 Å². The molecule has 3 aromatic carbocycles. The number of nitrogens with zero attached hydrogens (tertiary/aromatic N) is 4. The van der Waals surface area contributed by atoms with Crippen LogP contribution < -0.4 is 5.32 Å². The number of hydrogen-bond donors (Lipinski definition) is 2. The van der Waals surface area contributed by atoms with Crippen LogP contribution in [0.1, 0.15) is 29.5 Å². The second-order valence-electron chi connectivity index (χ2n) is 8.17. The van der Waals surface area contributed by atoms with Crippen LogP contribution >= 0.6 is 0 Å². The average molecular weight is 435 g/mol. The van der Waals surface area contributed by atoms with Gasteiger partial charge in [-0.15, -0.1) is 10.2 Å². The smallest absolute Gasteiger partial charge is 0.191 e. The van der Waals surface area contributed by atoms with Gasteiger partial charge in [0.15, 0.2) is 5.82 Å². The quantitative estimate of drug-likeness (QED) is 0.322. The molecule has 2 N–H and O–H groups in total. The first-order chi connectivity index (χ1) is 16.3. The van der Waals surface area contributed by atoms with Crippen molar-refractivity contribution in [1.82, 2.24) is 30.9 Å². The summed E-state index contributed by atoms with van der Waals surface area (Å²) in [7, 11) is 0. The number of aromatic nitrogens is 5. The number of fused-ring (bicyclic) bond motifs is 1. The van der Waals surface area contributed by atoms with Crippen molar-refractivity contribution < 1.29 is 0 Å². The van der Waals surface area contributed by atoms with Gasteiger partial charge in [0.1, 0.15) is 0 Å². The Morgan fingerprint density at radius 3 is 2.36 bits per heavy atom. The summed E-state index contributed by atoms with van der Waals surface area (Å²) in [5.74, 6) is 0.686. The molecule has 0 saturated carbocycles. The summed E-state index contributed by atoms with van der Waals surface area (Å²) in [6.07, 6.45) is 4.65. The third kappa shape index (κ3) is 5.30. The van der Waals surface area contributed by atoms with E-state index in [1.54, 1.807) is 0 Å². The van der Waals surface area contributed by atoms with Crippen molar-refractivity contribution in [3.8, 4) is 11.1 Å². The molecule has 0 aliphatic carbocycles. The Bertz CT molecular complexity index is 1280. The second kappa shape index (κ2) is 10.1. The van der Waals surface area contributed by atoms with Gasteiger partial charge >= 0.3 is 0 Å². The summed E-state index contributed by atoms with van der Waals surface area (Å²) in [5.41, 5.74) is 4.78. The normalized spacial score (nSPS) is 12.1. The lowest BCUT2D eigenvalue weighted by Gasteiger charge is -2.16. The summed E-state index contributed by atoms with van der Waals surface area (Å²) in [5, 5.41) is 20.8. The predicted molar refractivity (Wildman–Crippen MR) is 131 cm³/mol. The van der Waals surface area contributed by atoms with E-state index in [9.17, 15) is 0 Å². The number of tetrazole rings is 1. The zero-order valence-corrected chi connectivity index (χ0v) is 18.4. The summed E-state index contributed by atoms with van der Waals surface area (Å²) in [4.78, 5) is 4.61. The highest BCUT2D eigenvalue weighted by molar-refractivity contribution is 5.81. The average Bonchev–Trinajstić information content (AvgIpc) is 3.42. The Labute approximate surface area is 193 Å². The summed E-state index contributed by atoms with van der Waals surface area (Å²) in [6, 6.07) is 29.6. The molecule has 6 nitrogen and oxygen atoms in total. The second-order valence-corrected chi connectivity index (χ2v) is 8.17. The van der Waals surface area contributed by atoms with Crippen LogP contribution in [0.15, 0.2) is 91.1 Å². The largest absolute Gasteiger partial charge is 0.307 e. The Morgan fingerprint density at radius 1 is 0.818 bits per heavy atom. The number of aryl methyl sites for hydroxylation is 1. The fourth-order valence-corrected chi connectivity index (χ4v) is 4.08. The van der Waals surface area contributed by atoms with Crippen LogP contribution in [0.3, 0.4) is 0 Å². The van der Waals surface area contributed by atoms with E-state index >= 15 is 0 Å². The minimum Gasteiger partial charge on any atom is -0.307 e. The number of nitrogens with one attached hydrogen (secondary N) is 2. The van der Waals surface area contributed by atoms with E-state index in [1.165, 1.54) is 27.5 Å². The van der Waals surface area contributed by atoms with Crippen LogP contribution in [-0.4, -0.2) is 32.2 Å². The predicted octanol–water partition coefficient (Wildman–Crippen LogP) is 4.92. The van der Waals surface area contributed by atoms with E-state index in [4.69, 9.17) is 0 Å². The van der Waals surface area contributed by atoms with Gasteiger partial charge in [-0.1, -0.05) is 84.1 Å². The van der Waals surface area contributed by atoms with Crippen molar-refractivity contribution in [3.63, 3.8) is 0 Å². The number of H-pyrrole nitrogens is 1. The number of rotatable bonds is 9. The maximum atomic E-state index is 4.61. The van der Waals surface area contributed by atoms with E-state index < -0.39 is 0 Å². The van der Waals surface area contributed by atoms with Crippen LogP contribution in [0.25, 0.3) is 21.9 Å². The number of hydrogen-bond acceptors (Lipinski definition) is 5. The highest BCUT2D eigenvalue weighted by Crippen LogP contribution is 2.22. The fraction of sp³-hybridized carbons (Fsp3) is 0.185. The third-order valence-corrected chi connectivity index (χ3v) is 5.86. The van der Waals surface area contributed by atoms with Crippen molar-refractivity contribution >= 4 is 10.8 Å². The molecule has 0 bridgehead atoms. The van der Waals surface area contributed by atoms with Gasteiger partial charge < -0.3 is 5.32 Å². The Balaban J connectivity index is 1.20. The van der Waals surface area contributed by atoms with Gasteiger partial charge in [0.05, 0.1) is 6.04 Å².